The second-order valence-corrected chi connectivity index (χ2v) is 8.99. The highest BCUT2D eigenvalue weighted by molar-refractivity contribution is 5.82. The van der Waals surface area contributed by atoms with Gasteiger partial charge in [-0.2, -0.15) is 0 Å². The molecule has 5 heteroatoms. The van der Waals surface area contributed by atoms with Crippen molar-refractivity contribution in [3.8, 4) is 39.5 Å². The molecule has 182 valence electrons. The molecular formula is C32H27N3O2. The first-order valence-corrected chi connectivity index (χ1v) is 12.3. The Morgan fingerprint density at radius 2 is 1.38 bits per heavy atom. The fourth-order valence-electron chi connectivity index (χ4n) is 4.85. The average molecular weight is 486 g/mol. The van der Waals surface area contributed by atoms with E-state index < -0.39 is 6.10 Å². The maximum atomic E-state index is 11.3. The van der Waals surface area contributed by atoms with Crippen LogP contribution in [0, 0.1) is 0 Å². The first-order valence-electron chi connectivity index (χ1n) is 12.3. The van der Waals surface area contributed by atoms with Gasteiger partial charge in [-0.25, -0.2) is 4.98 Å². The molecule has 0 unspecified atom stereocenters. The van der Waals surface area contributed by atoms with E-state index in [0.29, 0.717) is 6.54 Å². The van der Waals surface area contributed by atoms with Gasteiger partial charge in [-0.1, -0.05) is 103 Å². The molecule has 6 aromatic rings. The summed E-state index contributed by atoms with van der Waals surface area (Å²) < 4.78 is 9.76. The van der Waals surface area contributed by atoms with Gasteiger partial charge in [0.25, 0.3) is 0 Å². The maximum Gasteiger partial charge on any atom is 0.215 e. The zero-order valence-corrected chi connectivity index (χ0v) is 20.5. The Morgan fingerprint density at radius 1 is 0.757 bits per heavy atom. The van der Waals surface area contributed by atoms with Gasteiger partial charge in [0.05, 0.1) is 36.8 Å². The van der Waals surface area contributed by atoms with Gasteiger partial charge < -0.3 is 14.4 Å². The number of hydrogen-bond acceptors (Lipinski definition) is 3. The van der Waals surface area contributed by atoms with Gasteiger partial charge in [-0.3, -0.25) is 4.40 Å². The molecule has 6 rings (SSSR count). The summed E-state index contributed by atoms with van der Waals surface area (Å²) in [7, 11) is 1.67. The zero-order chi connectivity index (χ0) is 25.2. The van der Waals surface area contributed by atoms with E-state index >= 15 is 0 Å². The van der Waals surface area contributed by atoms with E-state index in [2.05, 4.69) is 45.5 Å². The minimum absolute atomic E-state index is 0.354. The molecule has 37 heavy (non-hydrogen) atoms. The van der Waals surface area contributed by atoms with Crippen molar-refractivity contribution >= 4 is 5.78 Å². The predicted molar refractivity (Wildman–Crippen MR) is 147 cm³/mol. The third-order valence-electron chi connectivity index (χ3n) is 6.68. The number of rotatable bonds is 7. The number of aliphatic hydroxyl groups excluding tert-OH is 1. The molecule has 0 aliphatic carbocycles. The second-order valence-electron chi connectivity index (χ2n) is 8.99. The standard InChI is InChI=1S/C32H27N3O2/c1-37-27-19-11-18-26(20-27)28-21-35-31(25-16-9-4-10-17-25)30(24-14-7-3-8-15-24)33-32(35)34(28)22-29(36)23-12-5-2-6-13-23/h2-21,29,36H,22H2,1H3/t29-/m1/s1. The van der Waals surface area contributed by atoms with Crippen LogP contribution in [0.25, 0.3) is 39.5 Å². The van der Waals surface area contributed by atoms with Crippen LogP contribution in [0.1, 0.15) is 11.7 Å². The fourth-order valence-corrected chi connectivity index (χ4v) is 4.85. The van der Waals surface area contributed by atoms with Crippen molar-refractivity contribution in [2.45, 2.75) is 12.6 Å². The van der Waals surface area contributed by atoms with E-state index in [0.717, 1.165) is 50.9 Å². The van der Waals surface area contributed by atoms with Gasteiger partial charge in [0, 0.05) is 22.9 Å². The van der Waals surface area contributed by atoms with Gasteiger partial charge >= 0.3 is 0 Å². The van der Waals surface area contributed by atoms with Crippen molar-refractivity contribution in [3.05, 3.63) is 127 Å². The Hall–Kier alpha value is -4.61. The summed E-state index contributed by atoms with van der Waals surface area (Å²) >= 11 is 0. The van der Waals surface area contributed by atoms with Crippen molar-refractivity contribution in [1.82, 2.24) is 14.0 Å². The Balaban J connectivity index is 1.61. The van der Waals surface area contributed by atoms with Crippen LogP contribution in [-0.4, -0.2) is 26.2 Å². The Kier molecular flexibility index (Phi) is 6.05. The summed E-state index contributed by atoms with van der Waals surface area (Å²) in [6.45, 7) is 0.354. The van der Waals surface area contributed by atoms with Crippen molar-refractivity contribution in [3.63, 3.8) is 0 Å². The lowest BCUT2D eigenvalue weighted by molar-refractivity contribution is 0.158. The van der Waals surface area contributed by atoms with E-state index in [1.165, 1.54) is 0 Å². The van der Waals surface area contributed by atoms with Gasteiger partial charge in [0.1, 0.15) is 5.75 Å². The molecule has 5 nitrogen and oxygen atoms in total. The van der Waals surface area contributed by atoms with Gasteiger partial charge in [0.2, 0.25) is 5.78 Å². The second kappa shape index (κ2) is 9.80. The molecule has 0 saturated carbocycles. The summed E-state index contributed by atoms with van der Waals surface area (Å²) in [5, 5.41) is 11.3. The van der Waals surface area contributed by atoms with Crippen molar-refractivity contribution in [1.29, 1.82) is 0 Å². The molecule has 0 amide bonds. The third-order valence-corrected chi connectivity index (χ3v) is 6.68. The van der Waals surface area contributed by atoms with Crippen molar-refractivity contribution in [2.24, 2.45) is 0 Å². The van der Waals surface area contributed by atoms with E-state index in [9.17, 15) is 5.11 Å². The number of aliphatic hydroxyl groups is 1. The molecule has 2 aromatic heterocycles. The van der Waals surface area contributed by atoms with E-state index in [-0.39, 0.29) is 0 Å². The molecule has 0 fully saturated rings. The zero-order valence-electron chi connectivity index (χ0n) is 20.5. The van der Waals surface area contributed by atoms with Gasteiger partial charge in [-0.15, -0.1) is 0 Å². The molecule has 0 aliphatic heterocycles. The fraction of sp³-hybridized carbons (Fsp3) is 0.0938. The molecule has 1 atom stereocenters. The summed E-state index contributed by atoms with van der Waals surface area (Å²) in [5.74, 6) is 1.55. The summed E-state index contributed by atoms with van der Waals surface area (Å²) in [6, 6.07) is 38.3. The van der Waals surface area contributed by atoms with Crippen LogP contribution in [-0.2, 0) is 6.54 Å². The highest BCUT2D eigenvalue weighted by atomic mass is 16.5. The first-order chi connectivity index (χ1) is 18.2. The minimum Gasteiger partial charge on any atom is -0.497 e. The van der Waals surface area contributed by atoms with Crippen LogP contribution in [0.2, 0.25) is 0 Å². The number of hydrogen-bond donors (Lipinski definition) is 1. The van der Waals surface area contributed by atoms with Crippen LogP contribution in [0.4, 0.5) is 0 Å². The number of aromatic nitrogens is 3. The molecule has 0 bridgehead atoms. The lowest BCUT2D eigenvalue weighted by Crippen LogP contribution is -2.10. The van der Waals surface area contributed by atoms with E-state index in [1.807, 2.05) is 84.9 Å². The highest BCUT2D eigenvalue weighted by Crippen LogP contribution is 2.37. The van der Waals surface area contributed by atoms with Crippen LogP contribution in [0.5, 0.6) is 5.75 Å². The van der Waals surface area contributed by atoms with Gasteiger partial charge in [0.15, 0.2) is 0 Å². The summed E-state index contributed by atoms with van der Waals surface area (Å²) in [4.78, 5) is 5.18. The molecule has 1 N–H and O–H groups in total. The molecule has 0 aliphatic rings. The Labute approximate surface area is 215 Å². The third kappa shape index (κ3) is 4.30. The van der Waals surface area contributed by atoms with Crippen molar-refractivity contribution in [2.75, 3.05) is 7.11 Å². The van der Waals surface area contributed by atoms with Crippen LogP contribution in [0.3, 0.4) is 0 Å². The Morgan fingerprint density at radius 3 is 2.05 bits per heavy atom. The number of ether oxygens (including phenoxy) is 1. The van der Waals surface area contributed by atoms with Gasteiger partial charge in [-0.05, 0) is 17.7 Å². The van der Waals surface area contributed by atoms with E-state index in [1.54, 1.807) is 7.11 Å². The SMILES string of the molecule is COc1cccc(-c2cn3c(-c4ccccc4)c(-c4ccccc4)nc3n2C[C@@H](O)c2ccccc2)c1. The molecule has 0 saturated heterocycles. The summed E-state index contributed by atoms with van der Waals surface area (Å²) in [5.41, 5.74) is 6.85. The van der Waals surface area contributed by atoms with Crippen LogP contribution >= 0.6 is 0 Å². The number of fused-ring (bicyclic) bond motifs is 1. The number of imidazole rings is 2. The maximum absolute atomic E-state index is 11.3. The van der Waals surface area contributed by atoms with Crippen molar-refractivity contribution < 1.29 is 9.84 Å². The lowest BCUT2D eigenvalue weighted by Gasteiger charge is -2.15. The quantitative estimate of drug-likeness (QED) is 0.268. The molecular weight excluding hydrogens is 458 g/mol. The van der Waals surface area contributed by atoms with E-state index in [4.69, 9.17) is 9.72 Å². The molecule has 2 heterocycles. The van der Waals surface area contributed by atoms with Crippen LogP contribution in [0.15, 0.2) is 121 Å². The molecule has 0 spiro atoms. The number of nitrogens with zero attached hydrogens (tertiary/aromatic N) is 3. The molecule has 0 radical (unpaired) electrons. The Bertz CT molecular complexity index is 1640. The number of benzene rings is 4. The summed E-state index contributed by atoms with van der Waals surface area (Å²) in [6.07, 6.45) is 1.42. The average Bonchev–Trinajstić information content (AvgIpc) is 3.51. The highest BCUT2D eigenvalue weighted by Gasteiger charge is 2.23. The normalized spacial score (nSPS) is 12.1. The van der Waals surface area contributed by atoms with Crippen LogP contribution < -0.4 is 4.74 Å². The monoisotopic (exact) mass is 485 g/mol. The number of methoxy groups -OCH3 is 1. The largest absolute Gasteiger partial charge is 0.497 e. The topological polar surface area (TPSA) is 51.7 Å². The minimum atomic E-state index is -0.696. The predicted octanol–water partition coefficient (Wildman–Crippen LogP) is 6.88. The molecule has 4 aromatic carbocycles. The smallest absolute Gasteiger partial charge is 0.215 e. The first kappa shape index (κ1) is 22.8. The lowest BCUT2D eigenvalue weighted by atomic mass is 10.0.